The molecule has 1 saturated heterocycles. The fourth-order valence-corrected chi connectivity index (χ4v) is 4.42. The Labute approximate surface area is 182 Å². The van der Waals surface area contributed by atoms with Crippen molar-refractivity contribution in [1.29, 1.82) is 0 Å². The normalized spacial score (nSPS) is 21.1. The molecule has 4 rings (SSSR count). The van der Waals surface area contributed by atoms with Crippen molar-refractivity contribution >= 4 is 23.4 Å². The Morgan fingerprint density at radius 2 is 1.71 bits per heavy atom. The maximum absolute atomic E-state index is 13.3. The lowest BCUT2D eigenvalue weighted by Gasteiger charge is -2.29. The summed E-state index contributed by atoms with van der Waals surface area (Å²) in [5.74, 6) is -0.566. The molecule has 0 aromatic heterocycles. The van der Waals surface area contributed by atoms with Crippen molar-refractivity contribution in [3.63, 3.8) is 0 Å². The van der Waals surface area contributed by atoms with Crippen LogP contribution >= 0.6 is 0 Å². The molecule has 0 aliphatic carbocycles. The lowest BCUT2D eigenvalue weighted by molar-refractivity contribution is -0.139. The largest absolute Gasteiger partial charge is 0.337 e. The van der Waals surface area contributed by atoms with E-state index < -0.39 is 11.6 Å². The highest BCUT2D eigenvalue weighted by molar-refractivity contribution is 6.09. The van der Waals surface area contributed by atoms with E-state index in [2.05, 4.69) is 17.4 Å². The van der Waals surface area contributed by atoms with Gasteiger partial charge in [0, 0.05) is 13.1 Å². The van der Waals surface area contributed by atoms with Crippen LogP contribution in [-0.2, 0) is 15.1 Å². The van der Waals surface area contributed by atoms with E-state index in [1.807, 2.05) is 61.5 Å². The van der Waals surface area contributed by atoms with Crippen LogP contribution in [-0.4, -0.2) is 47.3 Å². The molecule has 2 heterocycles. The molecule has 4 amide bonds. The summed E-state index contributed by atoms with van der Waals surface area (Å²) < 4.78 is 0. The van der Waals surface area contributed by atoms with E-state index >= 15 is 0 Å². The molecule has 2 aromatic rings. The van der Waals surface area contributed by atoms with Gasteiger partial charge in [0.1, 0.15) is 12.1 Å². The third-order valence-corrected chi connectivity index (χ3v) is 6.07. The summed E-state index contributed by atoms with van der Waals surface area (Å²) in [7, 11) is 0. The summed E-state index contributed by atoms with van der Waals surface area (Å²) in [6, 6.07) is 18.9. The van der Waals surface area contributed by atoms with Gasteiger partial charge in [0.2, 0.25) is 5.91 Å². The lowest BCUT2D eigenvalue weighted by atomic mass is 9.85. The molecule has 2 aliphatic heterocycles. The zero-order chi connectivity index (χ0) is 21.8. The van der Waals surface area contributed by atoms with Gasteiger partial charge in [-0.25, -0.2) is 4.79 Å². The molecule has 6 heteroatoms. The minimum Gasteiger partial charge on any atom is -0.337 e. The second-order valence-corrected chi connectivity index (χ2v) is 8.03. The zero-order valence-electron chi connectivity index (χ0n) is 17.7. The Kier molecular flexibility index (Phi) is 5.89. The lowest BCUT2D eigenvalue weighted by Crippen LogP contribution is -2.46. The molecule has 160 valence electrons. The maximum Gasteiger partial charge on any atom is 0.325 e. The number of hydrogen-bond acceptors (Lipinski definition) is 3. The Balaban J connectivity index is 1.47. The van der Waals surface area contributed by atoms with Crippen molar-refractivity contribution in [2.75, 3.05) is 19.6 Å². The first-order chi connectivity index (χ1) is 15.0. The fraction of sp³-hybridized carbons (Fsp3) is 0.320. The number of nitrogens with zero attached hydrogens (tertiary/aromatic N) is 2. The topological polar surface area (TPSA) is 69.7 Å². The minimum absolute atomic E-state index is 0.216. The van der Waals surface area contributed by atoms with Crippen molar-refractivity contribution in [3.05, 3.63) is 77.9 Å². The van der Waals surface area contributed by atoms with E-state index in [4.69, 9.17) is 0 Å². The minimum atomic E-state index is -1.10. The number of rotatable bonds is 6. The monoisotopic (exact) mass is 417 g/mol. The van der Waals surface area contributed by atoms with Crippen LogP contribution in [0.4, 0.5) is 4.79 Å². The second-order valence-electron chi connectivity index (χ2n) is 8.03. The van der Waals surface area contributed by atoms with E-state index in [9.17, 15) is 14.4 Å². The van der Waals surface area contributed by atoms with Gasteiger partial charge in [0.25, 0.3) is 5.91 Å². The molecule has 0 radical (unpaired) electrons. The Bertz CT molecular complexity index is 1000. The summed E-state index contributed by atoms with van der Waals surface area (Å²) in [4.78, 5) is 41.7. The maximum atomic E-state index is 13.3. The predicted molar refractivity (Wildman–Crippen MR) is 119 cm³/mol. The summed E-state index contributed by atoms with van der Waals surface area (Å²) in [6.45, 7) is 2.79. The molecular weight excluding hydrogens is 390 g/mol. The standard InChI is InChI=1S/C25H27N3O3/c1-2-15-25(21-11-7-4-8-12-21)23(30)28(24(31)26-25)18-22(29)27-16-13-20(14-17-27)19-9-5-3-6-10-19/h3-13H,2,14-18H2,1H3,(H,26,31)/t25-/m1/s1. The van der Waals surface area contributed by atoms with E-state index in [0.29, 0.717) is 19.5 Å². The average molecular weight is 418 g/mol. The van der Waals surface area contributed by atoms with Gasteiger partial charge in [-0.2, -0.15) is 0 Å². The van der Waals surface area contributed by atoms with E-state index in [1.165, 1.54) is 5.57 Å². The van der Waals surface area contributed by atoms with Crippen molar-refractivity contribution in [1.82, 2.24) is 15.1 Å². The highest BCUT2D eigenvalue weighted by Gasteiger charge is 2.52. The SMILES string of the molecule is CCC[C@]1(c2ccccc2)NC(=O)N(CC(=O)N2CC=C(c3ccccc3)CC2)C1=O. The Morgan fingerprint density at radius 3 is 2.32 bits per heavy atom. The Morgan fingerprint density at radius 1 is 1.03 bits per heavy atom. The van der Waals surface area contributed by atoms with E-state index in [0.717, 1.165) is 28.9 Å². The van der Waals surface area contributed by atoms with Crippen LogP contribution in [0.1, 0.15) is 37.3 Å². The van der Waals surface area contributed by atoms with E-state index in [1.54, 1.807) is 4.90 Å². The Hall–Kier alpha value is -3.41. The number of amides is 4. The molecule has 1 fully saturated rings. The van der Waals surface area contributed by atoms with Gasteiger partial charge in [-0.15, -0.1) is 0 Å². The van der Waals surface area contributed by atoms with Crippen LogP contribution in [0.3, 0.4) is 0 Å². The summed E-state index contributed by atoms with van der Waals surface area (Å²) in [5, 5.41) is 2.88. The van der Waals surface area contributed by atoms with Crippen molar-refractivity contribution < 1.29 is 14.4 Å². The number of carbonyl (C=O) groups is 3. The first-order valence-corrected chi connectivity index (χ1v) is 10.8. The molecule has 1 atom stereocenters. The molecule has 31 heavy (non-hydrogen) atoms. The number of imide groups is 1. The van der Waals surface area contributed by atoms with Gasteiger partial charge in [-0.1, -0.05) is 80.1 Å². The van der Waals surface area contributed by atoms with E-state index in [-0.39, 0.29) is 18.4 Å². The smallest absolute Gasteiger partial charge is 0.325 e. The van der Waals surface area contributed by atoms with Gasteiger partial charge in [0.15, 0.2) is 0 Å². The molecule has 0 spiro atoms. The average Bonchev–Trinajstić information content (AvgIpc) is 3.05. The fourth-order valence-electron chi connectivity index (χ4n) is 4.42. The van der Waals surface area contributed by atoms with Gasteiger partial charge in [0.05, 0.1) is 0 Å². The highest BCUT2D eigenvalue weighted by atomic mass is 16.2. The number of urea groups is 1. The molecule has 0 bridgehead atoms. The highest BCUT2D eigenvalue weighted by Crippen LogP contribution is 2.33. The molecule has 1 N–H and O–H groups in total. The van der Waals surface area contributed by atoms with Crippen LogP contribution in [0, 0.1) is 0 Å². The molecule has 6 nitrogen and oxygen atoms in total. The molecule has 0 saturated carbocycles. The van der Waals surface area contributed by atoms with Crippen molar-refractivity contribution in [2.24, 2.45) is 0 Å². The quantitative estimate of drug-likeness (QED) is 0.731. The first kappa shape index (κ1) is 20.8. The number of hydrogen-bond donors (Lipinski definition) is 1. The van der Waals surface area contributed by atoms with Gasteiger partial charge < -0.3 is 10.2 Å². The molecule has 0 unspecified atom stereocenters. The first-order valence-electron chi connectivity index (χ1n) is 10.8. The number of benzene rings is 2. The van der Waals surface area contributed by atoms with Crippen LogP contribution in [0.5, 0.6) is 0 Å². The third-order valence-electron chi connectivity index (χ3n) is 6.07. The van der Waals surface area contributed by atoms with Gasteiger partial charge in [-0.05, 0) is 29.5 Å². The summed E-state index contributed by atoms with van der Waals surface area (Å²) in [5.41, 5.74) is 2.02. The summed E-state index contributed by atoms with van der Waals surface area (Å²) in [6.07, 6.45) is 4.01. The zero-order valence-corrected chi connectivity index (χ0v) is 17.7. The molecule has 2 aliphatic rings. The predicted octanol–water partition coefficient (Wildman–Crippen LogP) is 3.55. The number of nitrogens with one attached hydrogen (secondary N) is 1. The summed E-state index contributed by atoms with van der Waals surface area (Å²) >= 11 is 0. The van der Waals surface area contributed by atoms with Crippen molar-refractivity contribution in [2.45, 2.75) is 31.7 Å². The number of carbonyl (C=O) groups excluding carboxylic acids is 3. The van der Waals surface area contributed by atoms with Crippen LogP contribution in [0.2, 0.25) is 0 Å². The van der Waals surface area contributed by atoms with Crippen molar-refractivity contribution in [3.8, 4) is 0 Å². The molecular formula is C25H27N3O3. The second kappa shape index (κ2) is 8.76. The molecule has 2 aromatic carbocycles. The van der Waals surface area contributed by atoms with Gasteiger partial charge >= 0.3 is 6.03 Å². The van der Waals surface area contributed by atoms with Crippen LogP contribution in [0.25, 0.3) is 5.57 Å². The van der Waals surface area contributed by atoms with Gasteiger partial charge in [-0.3, -0.25) is 14.5 Å². The third kappa shape index (κ3) is 3.98. The van der Waals surface area contributed by atoms with Crippen LogP contribution < -0.4 is 5.32 Å². The van der Waals surface area contributed by atoms with Crippen LogP contribution in [0.15, 0.2) is 66.7 Å².